The summed E-state index contributed by atoms with van der Waals surface area (Å²) < 4.78 is 1.37. The zero-order valence-electron chi connectivity index (χ0n) is 16.8. The van der Waals surface area contributed by atoms with E-state index in [1.165, 1.54) is 4.68 Å². The molecule has 7 nitrogen and oxygen atoms in total. The molecule has 2 rings (SSSR count). The number of benzene rings is 1. The fourth-order valence-electron chi connectivity index (χ4n) is 2.76. The van der Waals surface area contributed by atoms with Gasteiger partial charge in [-0.3, -0.25) is 14.3 Å². The number of unbranched alkanes of at least 4 members (excludes halogenated alkanes) is 1. The van der Waals surface area contributed by atoms with Crippen LogP contribution in [0.2, 0.25) is 0 Å². The summed E-state index contributed by atoms with van der Waals surface area (Å²) in [5.74, 6) is -0.272. The molecule has 0 saturated carbocycles. The van der Waals surface area contributed by atoms with Crippen molar-refractivity contribution in [1.29, 1.82) is 0 Å². The average Bonchev–Trinajstić information content (AvgIpc) is 2.89. The number of thiocarbonyl (C=S) groups is 1. The van der Waals surface area contributed by atoms with Crippen molar-refractivity contribution in [1.82, 2.24) is 20.0 Å². The Morgan fingerprint density at radius 3 is 2.40 bits per heavy atom. The van der Waals surface area contributed by atoms with Crippen LogP contribution in [0.4, 0.5) is 5.69 Å². The quantitative estimate of drug-likeness (QED) is 0.311. The molecule has 11 heteroatoms. The van der Waals surface area contributed by atoms with E-state index in [2.05, 4.69) is 16.0 Å². The first kappa shape index (κ1) is 24.5. The Balaban J connectivity index is 2.20. The number of halogens is 3. The minimum Gasteiger partial charge on any atom is -0.339 e. The molecule has 1 aromatic heterocycles. The van der Waals surface area contributed by atoms with E-state index in [-0.39, 0.29) is 22.3 Å². The van der Waals surface area contributed by atoms with Crippen LogP contribution in [-0.4, -0.2) is 30.3 Å². The number of aromatic nitrogens is 2. The van der Waals surface area contributed by atoms with Gasteiger partial charge in [0.05, 0.1) is 11.4 Å². The van der Waals surface area contributed by atoms with Gasteiger partial charge in [-0.1, -0.05) is 66.3 Å². The Hall–Kier alpha value is -1.74. The van der Waals surface area contributed by atoms with Crippen LogP contribution in [0.3, 0.4) is 0 Å². The first-order chi connectivity index (χ1) is 14.1. The number of carbonyl (C=O) groups is 1. The summed E-state index contributed by atoms with van der Waals surface area (Å²) in [5.41, 5.74) is 1.36. The van der Waals surface area contributed by atoms with Gasteiger partial charge >= 0.3 is 0 Å². The lowest BCUT2D eigenvalue weighted by atomic mass is 10.2. The summed E-state index contributed by atoms with van der Waals surface area (Å²) >= 11 is 23.3. The molecule has 0 spiro atoms. The molecule has 0 unspecified atom stereocenters. The average molecular weight is 493 g/mol. The van der Waals surface area contributed by atoms with Gasteiger partial charge in [-0.25, -0.2) is 4.68 Å². The molecule has 0 saturated heterocycles. The highest BCUT2D eigenvalue weighted by Gasteiger charge is 2.34. The molecule has 1 aromatic carbocycles. The monoisotopic (exact) mass is 491 g/mol. The molecule has 1 atom stereocenters. The summed E-state index contributed by atoms with van der Waals surface area (Å²) in [6.45, 7) is 3.76. The molecule has 2 aromatic rings. The number of amides is 1. The van der Waals surface area contributed by atoms with Crippen LogP contribution in [0.1, 0.15) is 31.9 Å². The third kappa shape index (κ3) is 6.14. The fourth-order valence-corrected chi connectivity index (χ4v) is 3.31. The number of anilines is 1. The Labute approximate surface area is 195 Å². The third-order valence-electron chi connectivity index (χ3n) is 4.46. The van der Waals surface area contributed by atoms with Crippen LogP contribution in [0.5, 0.6) is 0 Å². The second-order valence-corrected chi connectivity index (χ2v) is 9.46. The van der Waals surface area contributed by atoms with Crippen molar-refractivity contribution in [2.24, 2.45) is 7.05 Å². The maximum absolute atomic E-state index is 13.0. The minimum atomic E-state index is -1.86. The second kappa shape index (κ2) is 10.5. The maximum Gasteiger partial charge on any atom is 0.295 e. The number of alkyl halides is 3. The van der Waals surface area contributed by atoms with Crippen LogP contribution in [-0.2, 0) is 11.8 Å². The molecule has 0 fully saturated rings. The van der Waals surface area contributed by atoms with E-state index in [0.717, 1.165) is 6.42 Å². The molecular weight excluding hydrogens is 469 g/mol. The lowest BCUT2D eigenvalue weighted by Crippen LogP contribution is -2.56. The van der Waals surface area contributed by atoms with E-state index in [1.54, 1.807) is 18.7 Å². The van der Waals surface area contributed by atoms with Gasteiger partial charge in [0, 0.05) is 13.5 Å². The highest BCUT2D eigenvalue weighted by atomic mass is 35.6. The first-order valence-corrected chi connectivity index (χ1v) is 10.9. The van der Waals surface area contributed by atoms with Crippen LogP contribution >= 0.6 is 47.0 Å². The molecule has 0 aliphatic carbocycles. The zero-order valence-corrected chi connectivity index (χ0v) is 19.9. The van der Waals surface area contributed by atoms with E-state index in [4.69, 9.17) is 47.0 Å². The van der Waals surface area contributed by atoms with Crippen LogP contribution in [0, 0.1) is 6.92 Å². The molecule has 1 heterocycles. The van der Waals surface area contributed by atoms with Crippen molar-refractivity contribution >= 4 is 63.7 Å². The van der Waals surface area contributed by atoms with Gasteiger partial charge in [-0.05, 0) is 37.7 Å². The van der Waals surface area contributed by atoms with Crippen molar-refractivity contribution in [3.63, 3.8) is 0 Å². The zero-order chi connectivity index (χ0) is 22.5. The minimum absolute atomic E-state index is 0.0353. The van der Waals surface area contributed by atoms with E-state index >= 15 is 0 Å². The van der Waals surface area contributed by atoms with Crippen molar-refractivity contribution in [3.05, 3.63) is 46.4 Å². The second-order valence-electron chi connectivity index (χ2n) is 6.68. The predicted molar refractivity (Wildman–Crippen MR) is 127 cm³/mol. The van der Waals surface area contributed by atoms with Crippen LogP contribution in [0.25, 0.3) is 5.69 Å². The number of hydrogen-bond acceptors (Lipinski definition) is 3. The maximum atomic E-state index is 13.0. The normalized spacial score (nSPS) is 12.3. The smallest absolute Gasteiger partial charge is 0.295 e. The summed E-state index contributed by atoms with van der Waals surface area (Å²) in [5, 5.41) is 8.29. The van der Waals surface area contributed by atoms with E-state index < -0.39 is 9.96 Å². The number of hydrogen-bond donors (Lipinski definition) is 3. The van der Waals surface area contributed by atoms with Gasteiger partial charge in [0.2, 0.25) is 9.70 Å². The van der Waals surface area contributed by atoms with Crippen LogP contribution in [0.15, 0.2) is 35.1 Å². The molecule has 0 aliphatic rings. The van der Waals surface area contributed by atoms with Crippen molar-refractivity contribution in [2.45, 2.75) is 43.1 Å². The Morgan fingerprint density at radius 2 is 1.83 bits per heavy atom. The summed E-state index contributed by atoms with van der Waals surface area (Å²) in [7, 11) is 1.77. The Bertz CT molecular complexity index is 954. The van der Waals surface area contributed by atoms with Gasteiger partial charge in [0.25, 0.3) is 5.56 Å². The molecule has 0 radical (unpaired) electrons. The summed E-state index contributed by atoms with van der Waals surface area (Å²) in [6.07, 6.45) is 0.797. The van der Waals surface area contributed by atoms with Gasteiger partial charge in [0.15, 0.2) is 5.11 Å². The van der Waals surface area contributed by atoms with E-state index in [0.29, 0.717) is 24.2 Å². The molecule has 3 N–H and O–H groups in total. The number of nitrogens with zero attached hydrogens (tertiary/aromatic N) is 2. The fraction of sp³-hybridized carbons (Fsp3) is 0.421. The molecule has 30 heavy (non-hydrogen) atoms. The first-order valence-electron chi connectivity index (χ1n) is 9.33. The highest BCUT2D eigenvalue weighted by molar-refractivity contribution is 7.80. The van der Waals surface area contributed by atoms with Gasteiger partial charge in [-0.2, -0.15) is 0 Å². The number of para-hydroxylation sites is 1. The Kier molecular flexibility index (Phi) is 8.61. The number of nitrogens with one attached hydrogen (secondary N) is 3. The van der Waals surface area contributed by atoms with Crippen molar-refractivity contribution in [2.75, 3.05) is 5.32 Å². The predicted octanol–water partition coefficient (Wildman–Crippen LogP) is 3.77. The third-order valence-corrected chi connectivity index (χ3v) is 5.33. The highest BCUT2D eigenvalue weighted by Crippen LogP contribution is 2.29. The summed E-state index contributed by atoms with van der Waals surface area (Å²) in [6, 6.07) is 9.21. The lowest BCUT2D eigenvalue weighted by molar-refractivity contribution is -0.122. The number of rotatable bonds is 7. The molecule has 1 amide bonds. The van der Waals surface area contributed by atoms with Crippen molar-refractivity contribution in [3.8, 4) is 5.69 Å². The van der Waals surface area contributed by atoms with Crippen molar-refractivity contribution < 1.29 is 4.79 Å². The van der Waals surface area contributed by atoms with E-state index in [9.17, 15) is 9.59 Å². The van der Waals surface area contributed by atoms with Crippen LogP contribution < -0.4 is 21.5 Å². The van der Waals surface area contributed by atoms with Gasteiger partial charge in [-0.15, -0.1) is 0 Å². The van der Waals surface area contributed by atoms with E-state index in [1.807, 2.05) is 37.3 Å². The Morgan fingerprint density at radius 1 is 1.20 bits per heavy atom. The topological polar surface area (TPSA) is 80.1 Å². The van der Waals surface area contributed by atoms with Gasteiger partial charge in [0.1, 0.15) is 11.9 Å². The summed E-state index contributed by atoms with van der Waals surface area (Å²) in [4.78, 5) is 25.0. The molecule has 164 valence electrons. The lowest BCUT2D eigenvalue weighted by Gasteiger charge is -2.27. The SMILES string of the molecule is CCCCC(=O)N[C@H](NC(=S)Nc1c(C)n(C)n(-c2ccccc2)c1=O)C(Cl)(Cl)Cl. The number of carbonyl (C=O) groups excluding carboxylic acids is 1. The molecule has 0 bridgehead atoms. The van der Waals surface area contributed by atoms with Gasteiger partial charge < -0.3 is 16.0 Å². The standard InChI is InChI=1S/C19H24Cl3N5O2S/c1-4-5-11-14(28)23-17(19(20,21)22)25-18(30)24-15-12(2)26(3)27(16(15)29)13-9-7-6-8-10-13/h6-10,17H,4-5,11H2,1-3H3,(H,23,28)(H2,24,25,30)/t17-/m1/s1. The largest absolute Gasteiger partial charge is 0.339 e. The molecule has 0 aliphatic heterocycles. The molecular formula is C19H24Cl3N5O2S.